The van der Waals surface area contributed by atoms with E-state index in [-0.39, 0.29) is 29.6 Å². The first-order chi connectivity index (χ1) is 15.4. The molecule has 1 amide bonds. The second kappa shape index (κ2) is 13.3. The van der Waals surface area contributed by atoms with Crippen molar-refractivity contribution < 1.29 is 24.5 Å². The average molecular weight is 440 g/mol. The van der Waals surface area contributed by atoms with E-state index >= 15 is 0 Å². The number of rotatable bonds is 6. The number of nitrogens with one attached hydrogen (secondary N) is 1. The van der Waals surface area contributed by atoms with Crippen molar-refractivity contribution in [3.05, 3.63) is 78.1 Å². The molecular formula is C26H33NO5. The van der Waals surface area contributed by atoms with Gasteiger partial charge in [0.25, 0.3) is 0 Å². The predicted molar refractivity (Wildman–Crippen MR) is 125 cm³/mol. The Hall–Kier alpha value is -3.12. The number of carbonyl (C=O) groups is 2. The Morgan fingerprint density at radius 3 is 2.84 bits per heavy atom. The molecular weight excluding hydrogens is 406 g/mol. The number of amides is 1. The molecule has 32 heavy (non-hydrogen) atoms. The number of aliphatic hydroxyl groups is 1. The molecule has 3 N–H and O–H groups in total. The zero-order valence-electron chi connectivity index (χ0n) is 18.7. The van der Waals surface area contributed by atoms with Gasteiger partial charge in [-0.1, -0.05) is 62.4 Å². The van der Waals surface area contributed by atoms with Crippen LogP contribution in [0.2, 0.25) is 0 Å². The minimum Gasteiger partial charge on any atom is -0.507 e. The van der Waals surface area contributed by atoms with E-state index in [1.165, 1.54) is 18.3 Å². The summed E-state index contributed by atoms with van der Waals surface area (Å²) in [6.45, 7) is 3.96. The molecule has 0 spiro atoms. The van der Waals surface area contributed by atoms with Crippen LogP contribution in [0.5, 0.6) is 5.75 Å². The first kappa shape index (κ1) is 25.1. The highest BCUT2D eigenvalue weighted by Gasteiger charge is 2.25. The number of esters is 1. The Bertz CT molecular complexity index is 884. The fraction of sp³-hybridized carbons (Fsp3) is 0.385. The topological polar surface area (TPSA) is 95.9 Å². The van der Waals surface area contributed by atoms with Gasteiger partial charge < -0.3 is 20.3 Å². The van der Waals surface area contributed by atoms with Gasteiger partial charge in [0, 0.05) is 25.1 Å². The molecule has 0 saturated heterocycles. The van der Waals surface area contributed by atoms with Gasteiger partial charge in [0.05, 0.1) is 6.10 Å². The summed E-state index contributed by atoms with van der Waals surface area (Å²) < 4.78 is 5.68. The second-order valence-electron chi connectivity index (χ2n) is 7.87. The summed E-state index contributed by atoms with van der Waals surface area (Å²) in [6, 6.07) is 4.95. The summed E-state index contributed by atoms with van der Waals surface area (Å²) in [5, 5.41) is 23.4. The number of aromatic hydroxyl groups is 1. The molecule has 1 aliphatic rings. The lowest BCUT2D eigenvalue weighted by molar-refractivity contribution is -0.115. The third kappa shape index (κ3) is 8.19. The lowest BCUT2D eigenvalue weighted by Gasteiger charge is -2.24. The molecule has 6 heteroatoms. The van der Waals surface area contributed by atoms with E-state index in [0.717, 1.165) is 6.42 Å². The maximum atomic E-state index is 12.9. The van der Waals surface area contributed by atoms with E-state index in [1.54, 1.807) is 30.4 Å². The zero-order chi connectivity index (χ0) is 23.3. The molecule has 1 aromatic rings. The van der Waals surface area contributed by atoms with Gasteiger partial charge in [-0.15, -0.1) is 0 Å². The number of phenols is 1. The number of hydrogen-bond donors (Lipinski definition) is 3. The number of allylic oxidation sites excluding steroid dienone is 5. The normalized spacial score (nSPS) is 23.5. The summed E-state index contributed by atoms with van der Waals surface area (Å²) >= 11 is 0. The maximum absolute atomic E-state index is 12.9. The molecule has 0 aliphatic carbocycles. The monoisotopic (exact) mass is 439 g/mol. The Balaban J connectivity index is 2.11. The van der Waals surface area contributed by atoms with Crippen LogP contribution >= 0.6 is 0 Å². The molecule has 0 saturated carbocycles. The van der Waals surface area contributed by atoms with E-state index in [4.69, 9.17) is 4.74 Å². The molecule has 1 aromatic carbocycles. The third-order valence-electron chi connectivity index (χ3n) is 5.25. The molecule has 0 aromatic heterocycles. The molecule has 0 bridgehead atoms. The van der Waals surface area contributed by atoms with Gasteiger partial charge in [-0.3, -0.25) is 4.79 Å². The van der Waals surface area contributed by atoms with Crippen molar-refractivity contribution in [2.24, 2.45) is 5.92 Å². The molecule has 0 fully saturated rings. The average Bonchev–Trinajstić information content (AvgIpc) is 2.76. The van der Waals surface area contributed by atoms with Crippen molar-refractivity contribution in [2.45, 2.75) is 58.2 Å². The molecule has 3 unspecified atom stereocenters. The summed E-state index contributed by atoms with van der Waals surface area (Å²) in [5.41, 5.74) is 0.832. The Morgan fingerprint density at radius 1 is 1.25 bits per heavy atom. The van der Waals surface area contributed by atoms with Gasteiger partial charge in [-0.05, 0) is 36.8 Å². The fourth-order valence-electron chi connectivity index (χ4n) is 3.34. The quantitative estimate of drug-likeness (QED) is 0.265. The van der Waals surface area contributed by atoms with Crippen LogP contribution in [-0.4, -0.2) is 34.3 Å². The van der Waals surface area contributed by atoms with Crippen LogP contribution in [0.1, 0.15) is 55.5 Å². The molecule has 172 valence electrons. The maximum Gasteiger partial charge on any atom is 0.342 e. The van der Waals surface area contributed by atoms with Crippen molar-refractivity contribution >= 4 is 11.9 Å². The minimum absolute atomic E-state index is 0.000482. The Labute approximate surface area is 190 Å². The number of benzene rings is 1. The highest BCUT2D eigenvalue weighted by Crippen LogP contribution is 2.26. The lowest BCUT2D eigenvalue weighted by atomic mass is 9.93. The number of ether oxygens (including phenoxy) is 1. The van der Waals surface area contributed by atoms with Crippen LogP contribution in [0.15, 0.2) is 66.9 Å². The smallest absolute Gasteiger partial charge is 0.342 e. The van der Waals surface area contributed by atoms with Gasteiger partial charge in [0.1, 0.15) is 17.4 Å². The number of fused-ring (bicyclic) bond motifs is 1. The van der Waals surface area contributed by atoms with Crippen molar-refractivity contribution in [1.29, 1.82) is 0 Å². The van der Waals surface area contributed by atoms with Crippen LogP contribution in [-0.2, 0) is 16.0 Å². The Kier molecular flexibility index (Phi) is 10.5. The van der Waals surface area contributed by atoms with Crippen LogP contribution < -0.4 is 5.32 Å². The largest absolute Gasteiger partial charge is 0.507 e. The summed E-state index contributed by atoms with van der Waals surface area (Å²) in [5.74, 6) is -1.02. The van der Waals surface area contributed by atoms with Crippen molar-refractivity contribution in [2.75, 3.05) is 0 Å². The predicted octanol–water partition coefficient (Wildman–Crippen LogP) is 4.35. The van der Waals surface area contributed by atoms with Crippen LogP contribution in [0.25, 0.3) is 0 Å². The van der Waals surface area contributed by atoms with E-state index in [2.05, 4.69) is 5.32 Å². The lowest BCUT2D eigenvalue weighted by Crippen LogP contribution is -2.28. The van der Waals surface area contributed by atoms with Gasteiger partial charge >= 0.3 is 5.97 Å². The molecule has 1 heterocycles. The SMILES string of the molecule is CC/C=C\C=C/C(=O)N/C=C/CC1CC(O)C(C)C/C=C\Cc2cccc(O)c2C(=O)O1. The van der Waals surface area contributed by atoms with Crippen molar-refractivity contribution in [1.82, 2.24) is 5.32 Å². The number of carbonyl (C=O) groups excluding carboxylic acids is 2. The van der Waals surface area contributed by atoms with E-state index < -0.39 is 18.2 Å². The number of hydrogen-bond acceptors (Lipinski definition) is 5. The Morgan fingerprint density at radius 2 is 2.06 bits per heavy atom. The molecule has 0 radical (unpaired) electrons. The summed E-state index contributed by atoms with van der Waals surface area (Å²) in [6.07, 6.45) is 15.3. The molecule has 1 aliphatic heterocycles. The third-order valence-corrected chi connectivity index (χ3v) is 5.25. The minimum atomic E-state index is -0.656. The second-order valence-corrected chi connectivity index (χ2v) is 7.87. The standard InChI is InChI=1S/C26H33NO5/c1-3-4-5-6-16-24(30)27-17-10-14-21-18-23(29)19(2)11-7-8-12-20-13-9-15-22(28)25(20)26(31)32-21/h4-10,13,15-17,19,21,23,28-29H,3,11-12,14,18H2,1-2H3,(H,27,30)/b5-4-,8-7-,16-6-,17-10+. The van der Waals surface area contributed by atoms with E-state index in [1.807, 2.05) is 32.1 Å². The first-order valence-corrected chi connectivity index (χ1v) is 11.1. The number of phenolic OH excluding ortho intramolecular Hbond substituents is 1. The van der Waals surface area contributed by atoms with Crippen molar-refractivity contribution in [3.63, 3.8) is 0 Å². The first-order valence-electron chi connectivity index (χ1n) is 11.1. The van der Waals surface area contributed by atoms with Crippen molar-refractivity contribution in [3.8, 4) is 5.75 Å². The van der Waals surface area contributed by atoms with Crippen LogP contribution in [0.3, 0.4) is 0 Å². The highest BCUT2D eigenvalue weighted by atomic mass is 16.5. The fourth-order valence-corrected chi connectivity index (χ4v) is 3.34. The van der Waals surface area contributed by atoms with Crippen LogP contribution in [0, 0.1) is 5.92 Å². The molecule has 3 atom stereocenters. The summed E-state index contributed by atoms with van der Waals surface area (Å²) in [7, 11) is 0. The molecule has 2 rings (SSSR count). The highest BCUT2D eigenvalue weighted by molar-refractivity contribution is 5.94. The zero-order valence-corrected chi connectivity index (χ0v) is 18.7. The summed E-state index contributed by atoms with van der Waals surface area (Å²) in [4.78, 5) is 24.6. The van der Waals surface area contributed by atoms with Gasteiger partial charge in [0.2, 0.25) is 5.91 Å². The van der Waals surface area contributed by atoms with E-state index in [0.29, 0.717) is 24.8 Å². The number of cyclic esters (lactones) is 1. The van der Waals surface area contributed by atoms with Crippen LogP contribution in [0.4, 0.5) is 0 Å². The van der Waals surface area contributed by atoms with Gasteiger partial charge in [-0.25, -0.2) is 4.79 Å². The van der Waals surface area contributed by atoms with Gasteiger partial charge in [-0.2, -0.15) is 0 Å². The number of aliphatic hydroxyl groups excluding tert-OH is 1. The van der Waals surface area contributed by atoms with E-state index in [9.17, 15) is 19.8 Å². The van der Waals surface area contributed by atoms with Gasteiger partial charge in [0.15, 0.2) is 0 Å². The molecule has 6 nitrogen and oxygen atoms in total.